The van der Waals surface area contributed by atoms with Crippen LogP contribution in [-0.4, -0.2) is 6.17 Å². The summed E-state index contributed by atoms with van der Waals surface area (Å²) in [5.74, 6) is 0. The van der Waals surface area contributed by atoms with E-state index < -0.39 is 0 Å². The van der Waals surface area contributed by atoms with E-state index in [9.17, 15) is 0 Å². The lowest BCUT2D eigenvalue weighted by atomic mass is 10.5. The van der Waals surface area contributed by atoms with Crippen LogP contribution in [0.4, 0.5) is 0 Å². The minimum atomic E-state index is -0.282. The lowest BCUT2D eigenvalue weighted by Crippen LogP contribution is -2.27. The van der Waals surface area contributed by atoms with Gasteiger partial charge in [-0.3, -0.25) is 0 Å². The van der Waals surface area contributed by atoms with Crippen LogP contribution in [0.2, 0.25) is 0 Å². The molecule has 0 aromatic heterocycles. The van der Waals surface area contributed by atoms with Crippen molar-refractivity contribution in [2.24, 2.45) is 11.5 Å². The normalized spacial score (nSPS) is 8.50. The molecule has 0 fully saturated rings. The molecule has 2 nitrogen and oxygen atoms in total. The largest absolute Gasteiger partial charge is 0.313 e. The van der Waals surface area contributed by atoms with E-state index in [-0.39, 0.29) is 31.0 Å². The summed E-state index contributed by atoms with van der Waals surface area (Å²) in [4.78, 5) is 0. The van der Waals surface area contributed by atoms with Crippen LogP contribution in [0, 0.1) is 0 Å². The molecule has 0 saturated heterocycles. The van der Waals surface area contributed by atoms with Gasteiger partial charge in [0.25, 0.3) is 0 Å². The zero-order valence-corrected chi connectivity index (χ0v) is 6.34. The third kappa shape index (κ3) is 16.3. The molecule has 0 aliphatic carbocycles. The summed E-state index contributed by atoms with van der Waals surface area (Å²) in [5.41, 5.74) is 10.2. The summed E-state index contributed by atoms with van der Waals surface area (Å²) in [6.07, 6.45) is 3.26. The number of rotatable bonds is 1. The van der Waals surface area contributed by atoms with Gasteiger partial charge in [-0.15, -0.1) is 24.8 Å². The Morgan fingerprint density at radius 2 is 1.62 bits per heavy atom. The highest BCUT2D eigenvalue weighted by molar-refractivity contribution is 5.85. The predicted molar refractivity (Wildman–Crippen MR) is 41.5 cm³/mol. The minimum absolute atomic E-state index is 0. The molecule has 0 saturated carbocycles. The summed E-state index contributed by atoms with van der Waals surface area (Å²) in [7, 11) is 0. The van der Waals surface area contributed by atoms with Crippen LogP contribution in [0.3, 0.4) is 0 Å². The van der Waals surface area contributed by atoms with Crippen molar-refractivity contribution in [1.82, 2.24) is 0 Å². The zero-order valence-electron chi connectivity index (χ0n) is 4.70. The van der Waals surface area contributed by atoms with Crippen molar-refractivity contribution in [2.45, 2.75) is 13.1 Å². The first-order valence-corrected chi connectivity index (χ1v) is 1.91. The Labute approximate surface area is 62.1 Å². The number of hydrogen-bond donors (Lipinski definition) is 2. The maximum Gasteiger partial charge on any atom is 0.0713 e. The summed E-state index contributed by atoms with van der Waals surface area (Å²) < 4.78 is 0. The van der Waals surface area contributed by atoms with E-state index in [0.717, 1.165) is 0 Å². The molecule has 4 heteroatoms. The van der Waals surface area contributed by atoms with Crippen LogP contribution in [0.5, 0.6) is 0 Å². The van der Waals surface area contributed by atoms with Crippen molar-refractivity contribution in [3.63, 3.8) is 0 Å². The maximum absolute atomic E-state index is 5.09. The Bertz CT molecular complexity index is 54.0. The summed E-state index contributed by atoms with van der Waals surface area (Å²) in [5, 5.41) is 0. The molecule has 0 bridgehead atoms. The van der Waals surface area contributed by atoms with Gasteiger partial charge in [0.05, 0.1) is 6.17 Å². The zero-order chi connectivity index (χ0) is 4.99. The molecule has 0 heterocycles. The Kier molecular flexibility index (Phi) is 20.2. The van der Waals surface area contributed by atoms with Gasteiger partial charge < -0.3 is 11.5 Å². The highest BCUT2D eigenvalue weighted by Crippen LogP contribution is 1.66. The van der Waals surface area contributed by atoms with Crippen LogP contribution in [-0.2, 0) is 0 Å². The molecular formula is C4H12Cl2N2. The highest BCUT2D eigenvalue weighted by atomic mass is 35.5. The molecule has 0 atom stereocenters. The molecule has 0 unspecified atom stereocenters. The van der Waals surface area contributed by atoms with Gasteiger partial charge in [0.15, 0.2) is 0 Å². The molecule has 0 aromatic carbocycles. The predicted octanol–water partition coefficient (Wildman–Crippen LogP) is 0.650. The second-order valence-corrected chi connectivity index (χ2v) is 1.10. The Morgan fingerprint density at radius 1 is 1.25 bits per heavy atom. The third-order valence-electron chi connectivity index (χ3n) is 0.415. The smallest absolute Gasteiger partial charge is 0.0713 e. The molecule has 0 aromatic rings. The van der Waals surface area contributed by atoms with Gasteiger partial charge in [-0.1, -0.05) is 12.2 Å². The van der Waals surface area contributed by atoms with E-state index in [1.807, 2.05) is 13.0 Å². The molecule has 52 valence electrons. The van der Waals surface area contributed by atoms with Gasteiger partial charge in [0, 0.05) is 0 Å². The topological polar surface area (TPSA) is 52.0 Å². The van der Waals surface area contributed by atoms with E-state index in [1.54, 1.807) is 6.08 Å². The number of allylic oxidation sites excluding steroid dienone is 1. The molecule has 0 amide bonds. The van der Waals surface area contributed by atoms with Crippen molar-refractivity contribution in [2.75, 3.05) is 0 Å². The van der Waals surface area contributed by atoms with Gasteiger partial charge in [-0.25, -0.2) is 0 Å². The average Bonchev–Trinajstić information content (AvgIpc) is 1.35. The Morgan fingerprint density at radius 3 is 1.62 bits per heavy atom. The van der Waals surface area contributed by atoms with Crippen molar-refractivity contribution in [3.8, 4) is 0 Å². The second-order valence-electron chi connectivity index (χ2n) is 1.10. The molecule has 8 heavy (non-hydrogen) atoms. The monoisotopic (exact) mass is 158 g/mol. The van der Waals surface area contributed by atoms with Crippen LogP contribution < -0.4 is 11.5 Å². The first-order chi connectivity index (χ1) is 2.77. The molecule has 0 rings (SSSR count). The van der Waals surface area contributed by atoms with E-state index >= 15 is 0 Å². The molecule has 4 N–H and O–H groups in total. The van der Waals surface area contributed by atoms with Gasteiger partial charge in [-0.2, -0.15) is 0 Å². The maximum atomic E-state index is 5.09. The van der Waals surface area contributed by atoms with Crippen molar-refractivity contribution < 1.29 is 0 Å². The molecular weight excluding hydrogens is 147 g/mol. The average molecular weight is 159 g/mol. The third-order valence-corrected chi connectivity index (χ3v) is 0.415. The molecule has 0 radical (unpaired) electrons. The lowest BCUT2D eigenvalue weighted by molar-refractivity contribution is 0.874. The summed E-state index contributed by atoms with van der Waals surface area (Å²) in [6.45, 7) is 1.88. The minimum Gasteiger partial charge on any atom is -0.313 e. The number of halogens is 2. The SMILES string of the molecule is C/C=C/C(N)N.Cl.Cl. The van der Waals surface area contributed by atoms with Crippen LogP contribution in [0.15, 0.2) is 12.2 Å². The highest BCUT2D eigenvalue weighted by Gasteiger charge is 1.75. The van der Waals surface area contributed by atoms with Crippen molar-refractivity contribution >= 4 is 24.8 Å². The molecule has 0 spiro atoms. The van der Waals surface area contributed by atoms with Crippen LogP contribution in [0.25, 0.3) is 0 Å². The van der Waals surface area contributed by atoms with Gasteiger partial charge in [-0.05, 0) is 6.92 Å². The fourth-order valence-electron chi connectivity index (χ4n) is 0.222. The summed E-state index contributed by atoms with van der Waals surface area (Å²) in [6, 6.07) is 0. The van der Waals surface area contributed by atoms with Crippen LogP contribution >= 0.6 is 24.8 Å². The van der Waals surface area contributed by atoms with Crippen molar-refractivity contribution in [1.29, 1.82) is 0 Å². The molecule has 0 aliphatic heterocycles. The van der Waals surface area contributed by atoms with Gasteiger partial charge >= 0.3 is 0 Å². The summed E-state index contributed by atoms with van der Waals surface area (Å²) >= 11 is 0. The van der Waals surface area contributed by atoms with E-state index in [2.05, 4.69) is 0 Å². The van der Waals surface area contributed by atoms with E-state index in [0.29, 0.717) is 0 Å². The van der Waals surface area contributed by atoms with Gasteiger partial charge in [0.2, 0.25) is 0 Å². The Balaban J connectivity index is -0.000000125. The van der Waals surface area contributed by atoms with Crippen molar-refractivity contribution in [3.05, 3.63) is 12.2 Å². The fraction of sp³-hybridized carbons (Fsp3) is 0.500. The lowest BCUT2D eigenvalue weighted by Gasteiger charge is -1.89. The van der Waals surface area contributed by atoms with E-state index in [1.165, 1.54) is 0 Å². The van der Waals surface area contributed by atoms with E-state index in [4.69, 9.17) is 11.5 Å². The quantitative estimate of drug-likeness (QED) is 0.436. The Hall–Kier alpha value is 0.240. The first kappa shape index (κ1) is 15.7. The fourth-order valence-corrected chi connectivity index (χ4v) is 0.222. The molecule has 0 aliphatic rings. The van der Waals surface area contributed by atoms with Gasteiger partial charge in [0.1, 0.15) is 0 Å². The second kappa shape index (κ2) is 10.3. The van der Waals surface area contributed by atoms with Crippen LogP contribution in [0.1, 0.15) is 6.92 Å². The number of nitrogens with two attached hydrogens (primary N) is 2. The number of hydrogen-bond acceptors (Lipinski definition) is 2. The standard InChI is InChI=1S/C4H10N2.2ClH/c1-2-3-4(5)6;;/h2-4H,5-6H2,1H3;2*1H/b3-2+;;. The first-order valence-electron chi connectivity index (χ1n) is 1.91.